The van der Waals surface area contributed by atoms with Gasteiger partial charge in [0.25, 0.3) is 0 Å². The highest BCUT2D eigenvalue weighted by Gasteiger charge is 2.04. The lowest BCUT2D eigenvalue weighted by Gasteiger charge is -2.02. The highest BCUT2D eigenvalue weighted by molar-refractivity contribution is 5.76. The molecule has 0 atom stereocenters. The molecule has 0 saturated carbocycles. The Bertz CT molecular complexity index is 321. The van der Waals surface area contributed by atoms with E-state index in [-0.39, 0.29) is 0 Å². The topological polar surface area (TPSA) is 54.7 Å². The molecule has 0 unspecified atom stereocenters. The first-order valence-corrected chi connectivity index (χ1v) is 4.28. The summed E-state index contributed by atoms with van der Waals surface area (Å²) in [5.41, 5.74) is 7.52. The Kier molecular flexibility index (Phi) is 2.90. The van der Waals surface area contributed by atoms with Gasteiger partial charge in [0.05, 0.1) is 12.0 Å². The Labute approximate surface area is 78.4 Å². The van der Waals surface area contributed by atoms with Crippen LogP contribution in [0.5, 0.6) is 0 Å². The van der Waals surface area contributed by atoms with E-state index >= 15 is 0 Å². The fraction of sp³-hybridized carbons (Fsp3) is 0.300. The van der Waals surface area contributed by atoms with Gasteiger partial charge in [-0.1, -0.05) is 32.6 Å². The third-order valence-corrected chi connectivity index (χ3v) is 1.69. The van der Waals surface area contributed by atoms with Crippen molar-refractivity contribution in [3.8, 4) is 0 Å². The molecule has 0 bridgehead atoms. The maximum absolute atomic E-state index is 5.66. The predicted octanol–water partition coefficient (Wildman–Crippen LogP) is 2.22. The smallest absolute Gasteiger partial charge is 0.149 e. The van der Waals surface area contributed by atoms with Crippen LogP contribution in [0.1, 0.15) is 19.5 Å². The Balaban J connectivity index is 3.04. The maximum Gasteiger partial charge on any atom is 0.149 e. The van der Waals surface area contributed by atoms with Gasteiger partial charge in [0, 0.05) is 0 Å². The van der Waals surface area contributed by atoms with Crippen molar-refractivity contribution >= 4 is 11.4 Å². The molecule has 1 aromatic heterocycles. The number of aromatic amines is 1. The van der Waals surface area contributed by atoms with E-state index in [4.69, 9.17) is 5.73 Å². The Morgan fingerprint density at radius 1 is 1.69 bits per heavy atom. The molecule has 1 rings (SSSR count). The van der Waals surface area contributed by atoms with Crippen LogP contribution in [0, 0.1) is 5.92 Å². The van der Waals surface area contributed by atoms with Gasteiger partial charge in [0.15, 0.2) is 0 Å². The van der Waals surface area contributed by atoms with E-state index in [1.807, 2.05) is 0 Å². The second-order valence-electron chi connectivity index (χ2n) is 3.23. The van der Waals surface area contributed by atoms with Crippen molar-refractivity contribution in [2.24, 2.45) is 5.92 Å². The number of nitrogens with two attached hydrogens (primary N) is 1. The van der Waals surface area contributed by atoms with Gasteiger partial charge in [-0.05, 0) is 11.5 Å². The molecule has 0 radical (unpaired) electrons. The van der Waals surface area contributed by atoms with Gasteiger partial charge in [0.2, 0.25) is 0 Å². The third-order valence-electron chi connectivity index (χ3n) is 1.69. The highest BCUT2D eigenvalue weighted by atomic mass is 15.0. The van der Waals surface area contributed by atoms with Crippen LogP contribution < -0.4 is 5.73 Å². The van der Waals surface area contributed by atoms with Crippen LogP contribution in [0.4, 0.5) is 5.82 Å². The van der Waals surface area contributed by atoms with Crippen LogP contribution in [0.2, 0.25) is 0 Å². The molecule has 3 nitrogen and oxygen atoms in total. The van der Waals surface area contributed by atoms with E-state index in [1.54, 1.807) is 12.4 Å². The molecular weight excluding hydrogens is 162 g/mol. The maximum atomic E-state index is 5.66. The van der Waals surface area contributed by atoms with Crippen LogP contribution in [0.25, 0.3) is 5.57 Å². The van der Waals surface area contributed by atoms with Crippen molar-refractivity contribution in [2.45, 2.75) is 13.8 Å². The summed E-state index contributed by atoms with van der Waals surface area (Å²) in [5.74, 6) is 0.988. The molecule has 0 aromatic carbocycles. The number of aromatic nitrogens is 2. The van der Waals surface area contributed by atoms with Gasteiger partial charge in [0.1, 0.15) is 5.82 Å². The second kappa shape index (κ2) is 3.94. The van der Waals surface area contributed by atoms with Crippen LogP contribution in [0.15, 0.2) is 25.1 Å². The number of H-pyrrole nitrogens is 1. The van der Waals surface area contributed by atoms with Crippen molar-refractivity contribution in [3.05, 3.63) is 30.8 Å². The molecular formula is C10H15N3. The first kappa shape index (κ1) is 9.58. The molecule has 13 heavy (non-hydrogen) atoms. The molecule has 0 aliphatic carbocycles. The number of hydrogen-bond acceptors (Lipinski definition) is 2. The van der Waals surface area contributed by atoms with Crippen LogP contribution in [0.3, 0.4) is 0 Å². The van der Waals surface area contributed by atoms with Crippen LogP contribution >= 0.6 is 0 Å². The summed E-state index contributed by atoms with van der Waals surface area (Å²) >= 11 is 0. The number of hydrogen-bond donors (Lipinski definition) is 2. The molecule has 0 amide bonds. The monoisotopic (exact) mass is 177 g/mol. The van der Waals surface area contributed by atoms with Crippen LogP contribution in [-0.4, -0.2) is 9.97 Å². The number of nitrogens with one attached hydrogen (secondary N) is 1. The number of allylic oxidation sites excluding steroid dienone is 3. The second-order valence-corrected chi connectivity index (χ2v) is 3.23. The minimum atomic E-state index is 0.468. The van der Waals surface area contributed by atoms with Gasteiger partial charge in [-0.15, -0.1) is 0 Å². The van der Waals surface area contributed by atoms with E-state index in [0.29, 0.717) is 11.7 Å². The lowest BCUT2D eigenvalue weighted by atomic mass is 10.1. The Hall–Kier alpha value is -1.51. The Morgan fingerprint density at radius 3 is 2.77 bits per heavy atom. The SMILES string of the molecule is C=C/C(=C/C(C)C)c1[nH]cnc1N. The Morgan fingerprint density at radius 2 is 2.38 bits per heavy atom. The summed E-state index contributed by atoms with van der Waals surface area (Å²) in [6.07, 6.45) is 5.46. The number of nitrogen functional groups attached to an aromatic ring is 1. The zero-order valence-electron chi connectivity index (χ0n) is 8.04. The van der Waals surface area contributed by atoms with Gasteiger partial charge >= 0.3 is 0 Å². The molecule has 1 heterocycles. The van der Waals surface area contributed by atoms with Crippen molar-refractivity contribution in [2.75, 3.05) is 5.73 Å². The average molecular weight is 177 g/mol. The molecule has 70 valence electrons. The summed E-state index contributed by atoms with van der Waals surface area (Å²) in [5, 5.41) is 0. The summed E-state index contributed by atoms with van der Waals surface area (Å²) in [7, 11) is 0. The summed E-state index contributed by atoms with van der Waals surface area (Å²) in [6, 6.07) is 0. The van der Waals surface area contributed by atoms with Gasteiger partial charge in [-0.25, -0.2) is 4.98 Å². The summed E-state index contributed by atoms with van der Waals surface area (Å²) in [6.45, 7) is 7.95. The van der Waals surface area contributed by atoms with Crippen molar-refractivity contribution in [3.63, 3.8) is 0 Å². The fourth-order valence-corrected chi connectivity index (χ4v) is 1.15. The van der Waals surface area contributed by atoms with Gasteiger partial charge < -0.3 is 10.7 Å². The van der Waals surface area contributed by atoms with Crippen molar-refractivity contribution < 1.29 is 0 Å². The zero-order valence-corrected chi connectivity index (χ0v) is 8.04. The van der Waals surface area contributed by atoms with E-state index in [2.05, 4.69) is 36.5 Å². The standard InChI is InChI=1S/C10H15N3/c1-4-8(5-7(2)3)9-10(11)13-6-12-9/h4-7H,1,11H2,2-3H3,(H,12,13)/b8-5-. The van der Waals surface area contributed by atoms with Gasteiger partial charge in [-0.3, -0.25) is 0 Å². The molecule has 3 heteroatoms. The normalized spacial score (nSPS) is 12.1. The molecule has 0 aliphatic heterocycles. The number of nitrogens with zero attached hydrogens (tertiary/aromatic N) is 1. The number of imidazole rings is 1. The quantitative estimate of drug-likeness (QED) is 0.695. The van der Waals surface area contributed by atoms with Crippen molar-refractivity contribution in [1.82, 2.24) is 9.97 Å². The highest BCUT2D eigenvalue weighted by Crippen LogP contribution is 2.19. The van der Waals surface area contributed by atoms with E-state index in [0.717, 1.165) is 11.3 Å². The first-order chi connectivity index (χ1) is 6.15. The van der Waals surface area contributed by atoms with E-state index < -0.39 is 0 Å². The third kappa shape index (κ3) is 2.21. The first-order valence-electron chi connectivity index (χ1n) is 4.28. The molecule has 0 aliphatic rings. The lowest BCUT2D eigenvalue weighted by molar-refractivity contribution is 0.834. The van der Waals surface area contributed by atoms with Crippen LogP contribution in [-0.2, 0) is 0 Å². The molecule has 0 spiro atoms. The van der Waals surface area contributed by atoms with E-state index in [1.165, 1.54) is 0 Å². The molecule has 1 aromatic rings. The molecule has 0 fully saturated rings. The number of rotatable bonds is 3. The lowest BCUT2D eigenvalue weighted by Crippen LogP contribution is -1.92. The minimum absolute atomic E-state index is 0.468. The average Bonchev–Trinajstić information content (AvgIpc) is 2.47. The van der Waals surface area contributed by atoms with Crippen molar-refractivity contribution in [1.29, 1.82) is 0 Å². The number of anilines is 1. The summed E-state index contributed by atoms with van der Waals surface area (Å²) < 4.78 is 0. The zero-order chi connectivity index (χ0) is 9.84. The molecule has 3 N–H and O–H groups in total. The summed E-state index contributed by atoms with van der Waals surface area (Å²) in [4.78, 5) is 6.91. The minimum Gasteiger partial charge on any atom is -0.382 e. The van der Waals surface area contributed by atoms with E-state index in [9.17, 15) is 0 Å². The largest absolute Gasteiger partial charge is 0.382 e. The van der Waals surface area contributed by atoms with Gasteiger partial charge in [-0.2, -0.15) is 0 Å². The molecule has 0 saturated heterocycles. The predicted molar refractivity (Wildman–Crippen MR) is 56.0 cm³/mol. The fourth-order valence-electron chi connectivity index (χ4n) is 1.15.